The fourth-order valence-electron chi connectivity index (χ4n) is 5.37. The van der Waals surface area contributed by atoms with Crippen LogP contribution < -0.4 is 11.3 Å². The van der Waals surface area contributed by atoms with E-state index in [1.165, 1.54) is 0 Å². The Kier molecular flexibility index (Phi) is 5.23. The summed E-state index contributed by atoms with van der Waals surface area (Å²) in [6, 6.07) is 3.51. The zero-order valence-electron chi connectivity index (χ0n) is 17.5. The third-order valence-corrected chi connectivity index (χ3v) is 7.07. The van der Waals surface area contributed by atoms with Crippen LogP contribution in [-0.4, -0.2) is 70.1 Å². The molecule has 0 bridgehead atoms. The Hall–Kier alpha value is -2.78. The number of morpholine rings is 1. The van der Waals surface area contributed by atoms with Gasteiger partial charge in [0.2, 0.25) is 11.9 Å². The Morgan fingerprint density at radius 2 is 1.97 bits per heavy atom. The lowest BCUT2D eigenvalue weighted by Crippen LogP contribution is -2.51. The monoisotopic (exact) mass is 424 g/mol. The first-order valence-electron chi connectivity index (χ1n) is 11.0. The van der Waals surface area contributed by atoms with Gasteiger partial charge >= 0.3 is 0 Å². The molecule has 1 unspecified atom stereocenters. The standard InChI is InChI=1S/C22H28N6O3/c23-21-25-18-16(19(29)26-21)3-4-22(18)5-8-28(9-6-22)20(30)17(15-2-1-7-24-14-15)27-10-12-31-13-11-27/h1-2,7,14,17H,3-6,8-13H2,(H3,23,25,26,29). The van der Waals surface area contributed by atoms with Gasteiger partial charge in [0.25, 0.3) is 5.56 Å². The predicted octanol–water partition coefficient (Wildman–Crippen LogP) is 0.627. The molecule has 31 heavy (non-hydrogen) atoms. The minimum absolute atomic E-state index is 0.112. The van der Waals surface area contributed by atoms with Crippen LogP contribution in [0.2, 0.25) is 0 Å². The third-order valence-electron chi connectivity index (χ3n) is 7.07. The van der Waals surface area contributed by atoms with Gasteiger partial charge in [0.05, 0.1) is 18.9 Å². The number of fused-ring (bicyclic) bond motifs is 2. The number of aromatic amines is 1. The van der Waals surface area contributed by atoms with Crippen LogP contribution >= 0.6 is 0 Å². The van der Waals surface area contributed by atoms with Gasteiger partial charge in [-0.3, -0.25) is 24.5 Å². The van der Waals surface area contributed by atoms with Crippen molar-refractivity contribution in [2.45, 2.75) is 37.1 Å². The van der Waals surface area contributed by atoms with Gasteiger partial charge in [0, 0.05) is 49.6 Å². The number of carbonyl (C=O) groups is 1. The van der Waals surface area contributed by atoms with Gasteiger partial charge in [0.15, 0.2) is 0 Å². The second-order valence-electron chi connectivity index (χ2n) is 8.72. The smallest absolute Gasteiger partial charge is 0.255 e. The number of likely N-dealkylation sites (tertiary alicyclic amines) is 1. The number of nitrogens with zero attached hydrogens (tertiary/aromatic N) is 4. The fraction of sp³-hybridized carbons (Fsp3) is 0.545. The molecule has 164 valence electrons. The first-order valence-corrected chi connectivity index (χ1v) is 11.0. The zero-order valence-corrected chi connectivity index (χ0v) is 17.5. The van der Waals surface area contributed by atoms with Crippen molar-refractivity contribution in [3.63, 3.8) is 0 Å². The Balaban J connectivity index is 1.36. The molecular weight excluding hydrogens is 396 g/mol. The van der Waals surface area contributed by atoms with Crippen LogP contribution in [0.5, 0.6) is 0 Å². The van der Waals surface area contributed by atoms with Crippen molar-refractivity contribution in [1.29, 1.82) is 0 Å². The molecule has 1 atom stereocenters. The van der Waals surface area contributed by atoms with E-state index in [2.05, 4.69) is 19.9 Å². The van der Waals surface area contributed by atoms with Gasteiger partial charge in [-0.1, -0.05) is 6.07 Å². The number of rotatable bonds is 3. The number of hydrogen-bond acceptors (Lipinski definition) is 7. The number of H-pyrrole nitrogens is 1. The van der Waals surface area contributed by atoms with E-state index >= 15 is 0 Å². The molecule has 2 aromatic rings. The lowest BCUT2D eigenvalue weighted by Gasteiger charge is -2.42. The summed E-state index contributed by atoms with van der Waals surface area (Å²) >= 11 is 0. The minimum Gasteiger partial charge on any atom is -0.379 e. The maximum Gasteiger partial charge on any atom is 0.255 e. The van der Waals surface area contributed by atoms with Crippen LogP contribution in [0, 0.1) is 0 Å². The number of anilines is 1. The topological polar surface area (TPSA) is 117 Å². The molecule has 0 radical (unpaired) electrons. The van der Waals surface area contributed by atoms with Crippen LogP contribution in [-0.2, 0) is 21.4 Å². The Bertz CT molecular complexity index is 1010. The molecular formula is C22H28N6O3. The minimum atomic E-state index is -0.348. The maximum absolute atomic E-state index is 13.7. The molecule has 2 saturated heterocycles. The summed E-state index contributed by atoms with van der Waals surface area (Å²) in [6.07, 6.45) is 6.72. The third kappa shape index (κ3) is 3.61. The van der Waals surface area contributed by atoms with Gasteiger partial charge in [-0.15, -0.1) is 0 Å². The van der Waals surface area contributed by atoms with Crippen LogP contribution in [0.25, 0.3) is 0 Å². The van der Waals surface area contributed by atoms with E-state index in [-0.39, 0.29) is 28.9 Å². The molecule has 3 aliphatic rings. The fourth-order valence-corrected chi connectivity index (χ4v) is 5.37. The van der Waals surface area contributed by atoms with E-state index in [0.717, 1.165) is 55.6 Å². The summed E-state index contributed by atoms with van der Waals surface area (Å²) in [6.45, 7) is 4.00. The van der Waals surface area contributed by atoms with Crippen molar-refractivity contribution in [3.05, 3.63) is 51.7 Å². The van der Waals surface area contributed by atoms with E-state index in [1.54, 1.807) is 12.4 Å². The average Bonchev–Trinajstić information content (AvgIpc) is 3.14. The quantitative estimate of drug-likeness (QED) is 0.742. The predicted molar refractivity (Wildman–Crippen MR) is 114 cm³/mol. The summed E-state index contributed by atoms with van der Waals surface area (Å²) in [5.41, 5.74) is 8.08. The highest BCUT2D eigenvalue weighted by Crippen LogP contribution is 2.44. The molecule has 2 fully saturated rings. The van der Waals surface area contributed by atoms with Gasteiger partial charge in [-0.25, -0.2) is 4.98 Å². The zero-order chi connectivity index (χ0) is 21.4. The van der Waals surface area contributed by atoms with Crippen LogP contribution in [0.4, 0.5) is 5.95 Å². The molecule has 2 aromatic heterocycles. The van der Waals surface area contributed by atoms with E-state index < -0.39 is 0 Å². The number of nitrogens with one attached hydrogen (secondary N) is 1. The molecule has 9 heteroatoms. The van der Waals surface area contributed by atoms with Crippen LogP contribution in [0.3, 0.4) is 0 Å². The van der Waals surface area contributed by atoms with Gasteiger partial charge in [0.1, 0.15) is 6.04 Å². The number of nitrogens with two attached hydrogens (primary N) is 1. The number of carbonyl (C=O) groups excluding carboxylic acids is 1. The van der Waals surface area contributed by atoms with E-state index in [9.17, 15) is 9.59 Å². The first-order chi connectivity index (χ1) is 15.1. The molecule has 9 nitrogen and oxygen atoms in total. The average molecular weight is 425 g/mol. The summed E-state index contributed by atoms with van der Waals surface area (Å²) in [5.74, 6) is 0.286. The molecule has 5 rings (SSSR count). The SMILES string of the molecule is Nc1nc2c(c(=O)[nH]1)CCC21CCN(C(=O)C(c2cccnc2)N2CCOCC2)CC1. The molecule has 0 aromatic carbocycles. The number of piperidine rings is 1. The molecule has 1 aliphatic carbocycles. The normalized spacial score (nSPS) is 21.7. The molecule has 3 N–H and O–H groups in total. The summed E-state index contributed by atoms with van der Waals surface area (Å²) in [7, 11) is 0. The van der Waals surface area contributed by atoms with Crippen molar-refractivity contribution in [3.8, 4) is 0 Å². The van der Waals surface area contributed by atoms with Crippen LogP contribution in [0.1, 0.15) is 42.1 Å². The number of ether oxygens (including phenoxy) is 1. The molecule has 1 spiro atoms. The van der Waals surface area contributed by atoms with Crippen molar-refractivity contribution >= 4 is 11.9 Å². The van der Waals surface area contributed by atoms with E-state index in [0.29, 0.717) is 26.3 Å². The van der Waals surface area contributed by atoms with E-state index in [4.69, 9.17) is 10.5 Å². The second kappa shape index (κ2) is 8.05. The highest BCUT2D eigenvalue weighted by Gasteiger charge is 2.45. The number of amides is 1. The van der Waals surface area contributed by atoms with Gasteiger partial charge < -0.3 is 15.4 Å². The highest BCUT2D eigenvalue weighted by atomic mass is 16.5. The van der Waals surface area contributed by atoms with Crippen molar-refractivity contribution in [2.24, 2.45) is 0 Å². The summed E-state index contributed by atoms with van der Waals surface area (Å²) < 4.78 is 5.50. The highest BCUT2D eigenvalue weighted by molar-refractivity contribution is 5.83. The lowest BCUT2D eigenvalue weighted by molar-refractivity contribution is -0.140. The molecule has 4 heterocycles. The van der Waals surface area contributed by atoms with Crippen LogP contribution in [0.15, 0.2) is 29.3 Å². The summed E-state index contributed by atoms with van der Waals surface area (Å²) in [5, 5.41) is 0. The van der Waals surface area contributed by atoms with Gasteiger partial charge in [-0.2, -0.15) is 0 Å². The maximum atomic E-state index is 13.7. The summed E-state index contributed by atoms with van der Waals surface area (Å²) in [4.78, 5) is 41.5. The number of nitrogen functional groups attached to an aromatic ring is 1. The molecule has 1 amide bonds. The Morgan fingerprint density at radius 3 is 2.68 bits per heavy atom. The molecule has 2 aliphatic heterocycles. The first kappa shape index (κ1) is 20.1. The lowest BCUT2D eigenvalue weighted by atomic mass is 9.76. The van der Waals surface area contributed by atoms with Crippen molar-refractivity contribution in [1.82, 2.24) is 24.8 Å². The molecule has 0 saturated carbocycles. The number of pyridine rings is 1. The Labute approximate surface area is 180 Å². The Morgan fingerprint density at radius 1 is 1.19 bits per heavy atom. The van der Waals surface area contributed by atoms with Crippen molar-refractivity contribution < 1.29 is 9.53 Å². The van der Waals surface area contributed by atoms with Gasteiger partial charge in [-0.05, 0) is 37.3 Å². The van der Waals surface area contributed by atoms with E-state index in [1.807, 2.05) is 17.0 Å². The number of hydrogen-bond donors (Lipinski definition) is 2. The largest absolute Gasteiger partial charge is 0.379 e. The number of aromatic nitrogens is 3. The van der Waals surface area contributed by atoms with Crippen molar-refractivity contribution in [2.75, 3.05) is 45.1 Å². The second-order valence-corrected chi connectivity index (χ2v) is 8.72.